The molecular weight excluding hydrogens is 366 g/mol. The molecule has 0 atom stereocenters. The number of hydrogen-bond donors (Lipinski definition) is 2. The van der Waals surface area contributed by atoms with Crippen molar-refractivity contribution < 1.29 is 0 Å². The Hall–Kier alpha value is -2.54. The van der Waals surface area contributed by atoms with E-state index in [4.69, 9.17) is 11.6 Å². The molecule has 0 saturated carbocycles. The molecule has 0 aliphatic heterocycles. The molecule has 0 spiro atoms. The Kier molecular flexibility index (Phi) is 5.70. The zero-order valence-electron chi connectivity index (χ0n) is 15.8. The quantitative estimate of drug-likeness (QED) is 0.649. The van der Waals surface area contributed by atoms with Gasteiger partial charge in [-0.15, -0.1) is 0 Å². The summed E-state index contributed by atoms with van der Waals surface area (Å²) in [6, 6.07) is 5.67. The molecule has 0 aliphatic rings. The first-order chi connectivity index (χ1) is 13.0. The zero-order chi connectivity index (χ0) is 19.6. The number of hydrogen-bond acceptors (Lipinski definition) is 4. The molecule has 7 nitrogen and oxygen atoms in total. The minimum Gasteiger partial charge on any atom is -0.378 e. The summed E-state index contributed by atoms with van der Waals surface area (Å²) in [5.41, 5.74) is 1.94. The number of benzene rings is 1. The molecule has 0 unspecified atom stereocenters. The molecule has 1 aromatic carbocycles. The molecule has 3 rings (SSSR count). The first-order valence-electron chi connectivity index (χ1n) is 9.19. The molecule has 0 aliphatic carbocycles. The van der Waals surface area contributed by atoms with Gasteiger partial charge in [0.05, 0.1) is 6.54 Å². The maximum absolute atomic E-state index is 12.4. The van der Waals surface area contributed by atoms with Gasteiger partial charge in [0.2, 0.25) is 0 Å². The Morgan fingerprint density at radius 2 is 2.00 bits per heavy atom. The van der Waals surface area contributed by atoms with Crippen molar-refractivity contribution >= 4 is 28.5 Å². The van der Waals surface area contributed by atoms with E-state index in [9.17, 15) is 9.59 Å². The number of anilines is 1. The molecule has 27 heavy (non-hydrogen) atoms. The number of aromatic amines is 1. The molecule has 0 fully saturated rings. The van der Waals surface area contributed by atoms with Crippen LogP contribution in [0.15, 0.2) is 27.8 Å². The number of nitrogens with zero attached hydrogens (tertiary/aromatic N) is 3. The third-order valence-electron chi connectivity index (χ3n) is 4.72. The van der Waals surface area contributed by atoms with Gasteiger partial charge in [-0.05, 0) is 38.0 Å². The van der Waals surface area contributed by atoms with Crippen molar-refractivity contribution in [3.8, 4) is 0 Å². The van der Waals surface area contributed by atoms with Crippen molar-refractivity contribution in [2.75, 3.05) is 5.32 Å². The Balaban J connectivity index is 2.05. The highest BCUT2D eigenvalue weighted by Crippen LogP contribution is 2.23. The van der Waals surface area contributed by atoms with E-state index in [1.807, 2.05) is 36.6 Å². The molecular formula is C19H24ClN5O2. The highest BCUT2D eigenvalue weighted by molar-refractivity contribution is 6.31. The first kappa shape index (κ1) is 19.2. The van der Waals surface area contributed by atoms with Crippen molar-refractivity contribution in [3.05, 3.63) is 55.4 Å². The zero-order valence-corrected chi connectivity index (χ0v) is 16.6. The Bertz CT molecular complexity index is 1080. The van der Waals surface area contributed by atoms with Gasteiger partial charge in [0.1, 0.15) is 5.82 Å². The average molecular weight is 390 g/mol. The van der Waals surface area contributed by atoms with Crippen LogP contribution in [-0.2, 0) is 19.6 Å². The monoisotopic (exact) mass is 389 g/mol. The third kappa shape index (κ3) is 3.64. The van der Waals surface area contributed by atoms with E-state index in [1.165, 1.54) is 0 Å². The van der Waals surface area contributed by atoms with Gasteiger partial charge in [-0.25, -0.2) is 9.78 Å². The van der Waals surface area contributed by atoms with Crippen LogP contribution in [0, 0.1) is 6.92 Å². The SMILES string of the molecule is CCCCn1c(=O)[nH]c(=O)c2c1nc(CNc1cccc(Cl)c1C)n2CC. The Morgan fingerprint density at radius 1 is 1.22 bits per heavy atom. The maximum Gasteiger partial charge on any atom is 0.330 e. The lowest BCUT2D eigenvalue weighted by molar-refractivity contribution is 0.613. The summed E-state index contributed by atoms with van der Waals surface area (Å²) in [4.78, 5) is 31.7. The second-order valence-corrected chi connectivity index (χ2v) is 6.88. The summed E-state index contributed by atoms with van der Waals surface area (Å²) in [7, 11) is 0. The maximum atomic E-state index is 12.4. The van der Waals surface area contributed by atoms with Crippen LogP contribution in [0.25, 0.3) is 11.2 Å². The van der Waals surface area contributed by atoms with Crippen LogP contribution in [-0.4, -0.2) is 19.1 Å². The van der Waals surface area contributed by atoms with Crippen molar-refractivity contribution in [1.82, 2.24) is 19.1 Å². The topological polar surface area (TPSA) is 84.7 Å². The van der Waals surface area contributed by atoms with Gasteiger partial charge in [-0.2, -0.15) is 0 Å². The van der Waals surface area contributed by atoms with Crippen LogP contribution in [0.4, 0.5) is 5.69 Å². The number of fused-ring (bicyclic) bond motifs is 1. The fourth-order valence-corrected chi connectivity index (χ4v) is 3.36. The number of imidazole rings is 1. The van der Waals surface area contributed by atoms with E-state index in [0.717, 1.165) is 24.1 Å². The smallest absolute Gasteiger partial charge is 0.330 e. The Labute approximate surface area is 162 Å². The molecule has 0 amide bonds. The molecule has 0 radical (unpaired) electrons. The van der Waals surface area contributed by atoms with Crippen LogP contribution in [0.5, 0.6) is 0 Å². The number of nitrogens with one attached hydrogen (secondary N) is 2. The molecule has 144 valence electrons. The van der Waals surface area contributed by atoms with Crippen molar-refractivity contribution in [2.24, 2.45) is 0 Å². The van der Waals surface area contributed by atoms with Crippen LogP contribution in [0.3, 0.4) is 0 Å². The summed E-state index contributed by atoms with van der Waals surface area (Å²) < 4.78 is 3.41. The van der Waals surface area contributed by atoms with Crippen molar-refractivity contribution in [1.29, 1.82) is 0 Å². The van der Waals surface area contributed by atoms with Gasteiger partial charge < -0.3 is 9.88 Å². The highest BCUT2D eigenvalue weighted by atomic mass is 35.5. The second-order valence-electron chi connectivity index (χ2n) is 6.47. The summed E-state index contributed by atoms with van der Waals surface area (Å²) in [6.07, 6.45) is 1.79. The average Bonchev–Trinajstić information content (AvgIpc) is 3.01. The number of aromatic nitrogens is 4. The summed E-state index contributed by atoms with van der Waals surface area (Å²) >= 11 is 6.18. The lowest BCUT2D eigenvalue weighted by atomic mass is 10.2. The standard InChI is InChI=1S/C19H24ClN5O2/c1-4-6-10-25-17-16(18(26)23-19(25)27)24(5-2)15(22-17)11-21-14-9-7-8-13(20)12(14)3/h7-9,21H,4-6,10-11H2,1-3H3,(H,23,26,27). The normalized spacial score (nSPS) is 11.3. The summed E-state index contributed by atoms with van der Waals surface area (Å²) in [5.74, 6) is 0.702. The van der Waals surface area contributed by atoms with E-state index in [0.29, 0.717) is 41.6 Å². The third-order valence-corrected chi connectivity index (χ3v) is 5.13. The predicted octanol–water partition coefficient (Wildman–Crippen LogP) is 3.28. The minimum atomic E-state index is -0.410. The van der Waals surface area contributed by atoms with Crippen LogP contribution in [0.2, 0.25) is 5.02 Å². The van der Waals surface area contributed by atoms with Gasteiger partial charge in [0.15, 0.2) is 11.2 Å². The number of halogens is 1. The Morgan fingerprint density at radius 3 is 2.70 bits per heavy atom. The molecule has 2 heterocycles. The number of unbranched alkanes of at least 4 members (excludes halogenated alkanes) is 1. The van der Waals surface area contributed by atoms with Crippen molar-refractivity contribution in [2.45, 2.75) is 53.2 Å². The summed E-state index contributed by atoms with van der Waals surface area (Å²) in [6.45, 7) is 7.49. The van der Waals surface area contributed by atoms with Gasteiger partial charge in [0.25, 0.3) is 5.56 Å². The number of rotatable bonds is 7. The van der Waals surface area contributed by atoms with Gasteiger partial charge in [0, 0.05) is 23.8 Å². The molecule has 0 saturated heterocycles. The molecule has 0 bridgehead atoms. The van der Waals surface area contributed by atoms with E-state index in [2.05, 4.69) is 22.2 Å². The fraction of sp³-hybridized carbons (Fsp3) is 0.421. The second kappa shape index (κ2) is 8.00. The van der Waals surface area contributed by atoms with E-state index >= 15 is 0 Å². The van der Waals surface area contributed by atoms with Gasteiger partial charge >= 0.3 is 5.69 Å². The summed E-state index contributed by atoms with van der Waals surface area (Å²) in [5, 5.41) is 4.02. The van der Waals surface area contributed by atoms with E-state index in [-0.39, 0.29) is 0 Å². The van der Waals surface area contributed by atoms with Crippen molar-refractivity contribution in [3.63, 3.8) is 0 Å². The fourth-order valence-electron chi connectivity index (χ4n) is 3.19. The van der Waals surface area contributed by atoms with E-state index < -0.39 is 11.2 Å². The highest BCUT2D eigenvalue weighted by Gasteiger charge is 2.17. The van der Waals surface area contributed by atoms with Crippen LogP contribution in [0.1, 0.15) is 38.1 Å². The lowest BCUT2D eigenvalue weighted by Crippen LogP contribution is -2.31. The minimum absolute atomic E-state index is 0.401. The molecule has 2 aromatic heterocycles. The van der Waals surface area contributed by atoms with Gasteiger partial charge in [-0.1, -0.05) is 31.0 Å². The first-order valence-corrected chi connectivity index (χ1v) is 9.56. The molecule has 3 aromatic rings. The lowest BCUT2D eigenvalue weighted by Gasteiger charge is -2.11. The number of aryl methyl sites for hydroxylation is 2. The molecule has 2 N–H and O–H groups in total. The van der Waals surface area contributed by atoms with Crippen LogP contribution < -0.4 is 16.6 Å². The van der Waals surface area contributed by atoms with E-state index in [1.54, 1.807) is 4.57 Å². The largest absolute Gasteiger partial charge is 0.378 e. The van der Waals surface area contributed by atoms with Crippen LogP contribution >= 0.6 is 11.6 Å². The number of H-pyrrole nitrogens is 1. The molecule has 8 heteroatoms. The predicted molar refractivity (Wildman–Crippen MR) is 109 cm³/mol. The van der Waals surface area contributed by atoms with Gasteiger partial charge in [-0.3, -0.25) is 14.3 Å².